The van der Waals surface area contributed by atoms with E-state index in [1.807, 2.05) is 24.3 Å². The van der Waals surface area contributed by atoms with E-state index in [9.17, 15) is 0 Å². The first-order valence-electron chi connectivity index (χ1n) is 3.58. The molecule has 1 heterocycles. The van der Waals surface area contributed by atoms with Gasteiger partial charge in [-0.2, -0.15) is 0 Å². The monoisotopic (exact) mass is 144 g/mol. The van der Waals surface area contributed by atoms with E-state index in [-0.39, 0.29) is 0 Å². The molecule has 0 amide bonds. The van der Waals surface area contributed by atoms with Gasteiger partial charge in [-0.15, -0.1) is 6.42 Å². The highest BCUT2D eigenvalue weighted by molar-refractivity contribution is 5.36. The van der Waals surface area contributed by atoms with Crippen molar-refractivity contribution in [3.05, 3.63) is 35.4 Å². The lowest BCUT2D eigenvalue weighted by Gasteiger charge is -1.94. The molecule has 1 saturated heterocycles. The van der Waals surface area contributed by atoms with E-state index in [1.165, 1.54) is 5.56 Å². The number of hydrogen-bond acceptors (Lipinski definition) is 1. The number of rotatable bonds is 1. The van der Waals surface area contributed by atoms with Gasteiger partial charge in [0, 0.05) is 5.56 Å². The average Bonchev–Trinajstić information content (AvgIpc) is 2.87. The van der Waals surface area contributed by atoms with Gasteiger partial charge in [0.1, 0.15) is 6.10 Å². The Kier molecular flexibility index (Phi) is 1.41. The predicted molar refractivity (Wildman–Crippen MR) is 43.1 cm³/mol. The zero-order chi connectivity index (χ0) is 7.68. The van der Waals surface area contributed by atoms with E-state index in [1.54, 1.807) is 0 Å². The van der Waals surface area contributed by atoms with Crippen LogP contribution >= 0.6 is 0 Å². The maximum Gasteiger partial charge on any atom is 0.106 e. The predicted octanol–water partition coefficient (Wildman–Crippen LogP) is 1.74. The van der Waals surface area contributed by atoms with Crippen LogP contribution in [-0.2, 0) is 4.74 Å². The third-order valence-electron chi connectivity index (χ3n) is 1.76. The second kappa shape index (κ2) is 2.41. The molecule has 1 atom stereocenters. The van der Waals surface area contributed by atoms with Gasteiger partial charge in [0.05, 0.1) is 6.61 Å². The fourth-order valence-electron chi connectivity index (χ4n) is 1.07. The van der Waals surface area contributed by atoms with Crippen LogP contribution in [-0.4, -0.2) is 6.61 Å². The molecule has 1 aliphatic heterocycles. The van der Waals surface area contributed by atoms with Crippen LogP contribution in [0.5, 0.6) is 0 Å². The van der Waals surface area contributed by atoms with Crippen molar-refractivity contribution >= 4 is 0 Å². The second-order valence-electron chi connectivity index (χ2n) is 2.59. The molecule has 0 radical (unpaired) electrons. The van der Waals surface area contributed by atoms with Gasteiger partial charge in [-0.25, -0.2) is 0 Å². The molecule has 0 N–H and O–H groups in total. The summed E-state index contributed by atoms with van der Waals surface area (Å²) < 4.78 is 5.13. The molecule has 2 rings (SSSR count). The SMILES string of the molecule is C#Cc1cccc([C@H]2CO2)c1. The molecule has 0 aliphatic carbocycles. The fourth-order valence-corrected chi connectivity index (χ4v) is 1.07. The van der Waals surface area contributed by atoms with Crippen LogP contribution in [0.15, 0.2) is 24.3 Å². The maximum atomic E-state index is 5.25. The second-order valence-corrected chi connectivity index (χ2v) is 2.59. The molecule has 1 nitrogen and oxygen atoms in total. The molecule has 1 heteroatoms. The van der Waals surface area contributed by atoms with Gasteiger partial charge in [-0.05, 0) is 17.7 Å². The number of epoxide rings is 1. The van der Waals surface area contributed by atoms with E-state index in [0.29, 0.717) is 6.10 Å². The van der Waals surface area contributed by atoms with Gasteiger partial charge < -0.3 is 4.74 Å². The molecule has 0 bridgehead atoms. The lowest BCUT2D eigenvalue weighted by Crippen LogP contribution is -1.81. The topological polar surface area (TPSA) is 12.5 Å². The highest BCUT2D eigenvalue weighted by Crippen LogP contribution is 2.29. The van der Waals surface area contributed by atoms with E-state index in [0.717, 1.165) is 12.2 Å². The van der Waals surface area contributed by atoms with Gasteiger partial charge in [-0.1, -0.05) is 18.1 Å². The van der Waals surface area contributed by atoms with Crippen LogP contribution in [0.1, 0.15) is 17.2 Å². The van der Waals surface area contributed by atoms with Gasteiger partial charge in [0.15, 0.2) is 0 Å². The minimum Gasteiger partial charge on any atom is -0.368 e. The summed E-state index contributed by atoms with van der Waals surface area (Å²) in [5, 5.41) is 0. The molecule has 1 aromatic rings. The minimum atomic E-state index is 0.309. The summed E-state index contributed by atoms with van der Waals surface area (Å²) in [5.41, 5.74) is 2.12. The van der Waals surface area contributed by atoms with Crippen LogP contribution in [0, 0.1) is 12.3 Å². The molecule has 0 spiro atoms. The average molecular weight is 144 g/mol. The molecule has 0 unspecified atom stereocenters. The Labute approximate surface area is 66.0 Å². The Hall–Kier alpha value is -1.26. The Morgan fingerprint density at radius 3 is 3.00 bits per heavy atom. The molecule has 11 heavy (non-hydrogen) atoms. The van der Waals surface area contributed by atoms with Crippen molar-refractivity contribution in [1.29, 1.82) is 0 Å². The van der Waals surface area contributed by atoms with Crippen LogP contribution < -0.4 is 0 Å². The first-order valence-corrected chi connectivity index (χ1v) is 3.58. The highest BCUT2D eigenvalue weighted by atomic mass is 16.6. The summed E-state index contributed by atoms with van der Waals surface area (Å²) in [6.07, 6.45) is 5.56. The first kappa shape index (κ1) is 6.45. The molecule has 0 saturated carbocycles. The van der Waals surface area contributed by atoms with Crippen LogP contribution in [0.2, 0.25) is 0 Å². The van der Waals surface area contributed by atoms with Crippen molar-refractivity contribution in [2.45, 2.75) is 6.10 Å². The van der Waals surface area contributed by atoms with E-state index >= 15 is 0 Å². The van der Waals surface area contributed by atoms with Crippen molar-refractivity contribution in [2.75, 3.05) is 6.61 Å². The highest BCUT2D eigenvalue weighted by Gasteiger charge is 2.24. The number of ether oxygens (including phenoxy) is 1. The van der Waals surface area contributed by atoms with Crippen molar-refractivity contribution in [3.63, 3.8) is 0 Å². The summed E-state index contributed by atoms with van der Waals surface area (Å²) in [7, 11) is 0. The first-order chi connectivity index (χ1) is 5.40. The van der Waals surface area contributed by atoms with Gasteiger partial charge >= 0.3 is 0 Å². The van der Waals surface area contributed by atoms with Crippen molar-refractivity contribution in [3.8, 4) is 12.3 Å². The number of hydrogen-bond donors (Lipinski definition) is 0. The minimum absolute atomic E-state index is 0.309. The summed E-state index contributed by atoms with van der Waals surface area (Å²) in [5.74, 6) is 2.59. The van der Waals surface area contributed by atoms with Crippen molar-refractivity contribution in [2.24, 2.45) is 0 Å². The molecule has 0 aromatic heterocycles. The van der Waals surface area contributed by atoms with Gasteiger partial charge in [0.2, 0.25) is 0 Å². The third-order valence-corrected chi connectivity index (χ3v) is 1.76. The summed E-state index contributed by atoms with van der Waals surface area (Å²) in [4.78, 5) is 0. The van der Waals surface area contributed by atoms with E-state index < -0.39 is 0 Å². The fraction of sp³-hybridized carbons (Fsp3) is 0.200. The Bertz CT molecular complexity index is 305. The lowest BCUT2D eigenvalue weighted by atomic mass is 10.1. The lowest BCUT2D eigenvalue weighted by molar-refractivity contribution is 0.415. The molecular weight excluding hydrogens is 136 g/mol. The number of terminal acetylenes is 1. The van der Waals surface area contributed by atoms with Crippen molar-refractivity contribution in [1.82, 2.24) is 0 Å². The zero-order valence-corrected chi connectivity index (χ0v) is 6.08. The quantitative estimate of drug-likeness (QED) is 0.432. The molecular formula is C10H8O. The number of benzene rings is 1. The van der Waals surface area contributed by atoms with Crippen LogP contribution in [0.25, 0.3) is 0 Å². The third kappa shape index (κ3) is 1.26. The maximum absolute atomic E-state index is 5.25. The van der Waals surface area contributed by atoms with E-state index in [4.69, 9.17) is 11.2 Å². The summed E-state index contributed by atoms with van der Waals surface area (Å²) in [6, 6.07) is 7.92. The Morgan fingerprint density at radius 1 is 1.55 bits per heavy atom. The zero-order valence-electron chi connectivity index (χ0n) is 6.08. The van der Waals surface area contributed by atoms with Crippen LogP contribution in [0.4, 0.5) is 0 Å². The molecule has 1 aromatic carbocycles. The summed E-state index contributed by atoms with van der Waals surface area (Å²) in [6.45, 7) is 0.841. The van der Waals surface area contributed by atoms with Crippen molar-refractivity contribution < 1.29 is 4.74 Å². The Morgan fingerprint density at radius 2 is 2.36 bits per heavy atom. The van der Waals surface area contributed by atoms with E-state index in [2.05, 4.69) is 5.92 Å². The molecule has 1 aliphatic rings. The molecule has 1 fully saturated rings. The van der Waals surface area contributed by atoms with Crippen LogP contribution in [0.3, 0.4) is 0 Å². The standard InChI is InChI=1S/C10H8O/c1-2-8-4-3-5-9(6-8)10-7-11-10/h1,3-6,10H,7H2/t10-/m1/s1. The smallest absolute Gasteiger partial charge is 0.106 e. The van der Waals surface area contributed by atoms with Gasteiger partial charge in [-0.3, -0.25) is 0 Å². The normalized spacial score (nSPS) is 20.8. The summed E-state index contributed by atoms with van der Waals surface area (Å²) >= 11 is 0. The Balaban J connectivity index is 2.35. The molecule has 54 valence electrons. The largest absolute Gasteiger partial charge is 0.368 e. The van der Waals surface area contributed by atoms with Gasteiger partial charge in [0.25, 0.3) is 0 Å².